The number of halogens is 1. The zero-order valence-corrected chi connectivity index (χ0v) is 11.2. The van der Waals surface area contributed by atoms with E-state index >= 15 is 0 Å². The van der Waals surface area contributed by atoms with Crippen LogP contribution < -0.4 is 4.74 Å². The number of ether oxygens (including phenoxy) is 1. The lowest BCUT2D eigenvalue weighted by Gasteiger charge is -2.09. The lowest BCUT2D eigenvalue weighted by Crippen LogP contribution is -1.97. The standard InChI is InChI=1S/C14H9ClN2O3/c1-9-12(8-16)13(17(18)19)6-7-14(9)20-11-4-2-10(15)3-5-11/h2-7H,1H3. The van der Waals surface area contributed by atoms with Gasteiger partial charge in [0.15, 0.2) is 0 Å². The Balaban J connectivity index is 2.41. The molecule has 0 bridgehead atoms. The van der Waals surface area contributed by atoms with Gasteiger partial charge in [-0.3, -0.25) is 10.1 Å². The Labute approximate surface area is 120 Å². The zero-order valence-electron chi connectivity index (χ0n) is 10.5. The van der Waals surface area contributed by atoms with Crippen LogP contribution in [0, 0.1) is 28.4 Å². The fraction of sp³-hybridized carbons (Fsp3) is 0.0714. The van der Waals surface area contributed by atoms with Crippen molar-refractivity contribution in [2.45, 2.75) is 6.92 Å². The lowest BCUT2D eigenvalue weighted by molar-refractivity contribution is -0.385. The summed E-state index contributed by atoms with van der Waals surface area (Å²) in [5.74, 6) is 0.935. The molecule has 2 aromatic carbocycles. The summed E-state index contributed by atoms with van der Waals surface area (Å²) in [5, 5.41) is 20.5. The van der Waals surface area contributed by atoms with Crippen LogP contribution >= 0.6 is 11.6 Å². The van der Waals surface area contributed by atoms with E-state index < -0.39 is 4.92 Å². The molecule has 2 rings (SSSR count). The molecule has 0 spiro atoms. The van der Waals surface area contributed by atoms with Crippen LogP contribution in [0.4, 0.5) is 5.69 Å². The molecule has 0 amide bonds. The van der Waals surface area contributed by atoms with Gasteiger partial charge in [-0.25, -0.2) is 0 Å². The van der Waals surface area contributed by atoms with Crippen molar-refractivity contribution in [2.75, 3.05) is 0 Å². The van der Waals surface area contributed by atoms with Crippen molar-refractivity contribution in [1.29, 1.82) is 5.26 Å². The van der Waals surface area contributed by atoms with Crippen molar-refractivity contribution in [2.24, 2.45) is 0 Å². The average Bonchev–Trinajstić information content (AvgIpc) is 2.43. The van der Waals surface area contributed by atoms with Crippen LogP contribution in [0.3, 0.4) is 0 Å². The second kappa shape index (κ2) is 5.59. The first kappa shape index (κ1) is 13.8. The second-order valence-electron chi connectivity index (χ2n) is 4.01. The third-order valence-electron chi connectivity index (χ3n) is 2.74. The quantitative estimate of drug-likeness (QED) is 0.626. The molecule has 20 heavy (non-hydrogen) atoms. The van der Waals surface area contributed by atoms with E-state index in [9.17, 15) is 10.1 Å². The minimum Gasteiger partial charge on any atom is -0.457 e. The highest BCUT2D eigenvalue weighted by Gasteiger charge is 2.19. The van der Waals surface area contributed by atoms with Gasteiger partial charge >= 0.3 is 0 Å². The van der Waals surface area contributed by atoms with Crippen LogP contribution in [-0.4, -0.2) is 4.92 Å². The van der Waals surface area contributed by atoms with Crippen molar-refractivity contribution in [3.8, 4) is 17.6 Å². The third kappa shape index (κ3) is 2.71. The Morgan fingerprint density at radius 3 is 2.45 bits per heavy atom. The Morgan fingerprint density at radius 1 is 1.25 bits per heavy atom. The summed E-state index contributed by atoms with van der Waals surface area (Å²) in [6, 6.07) is 11.3. The summed E-state index contributed by atoms with van der Waals surface area (Å²) in [6.45, 7) is 1.61. The summed E-state index contributed by atoms with van der Waals surface area (Å²) in [4.78, 5) is 10.3. The van der Waals surface area contributed by atoms with E-state index in [1.165, 1.54) is 12.1 Å². The van der Waals surface area contributed by atoms with Crippen LogP contribution in [0.1, 0.15) is 11.1 Å². The van der Waals surface area contributed by atoms with Crippen molar-refractivity contribution in [3.63, 3.8) is 0 Å². The van der Waals surface area contributed by atoms with Crippen LogP contribution in [0.25, 0.3) is 0 Å². The monoisotopic (exact) mass is 288 g/mol. The van der Waals surface area contributed by atoms with Crippen LogP contribution in [0.5, 0.6) is 11.5 Å². The molecule has 0 unspecified atom stereocenters. The molecule has 100 valence electrons. The van der Waals surface area contributed by atoms with E-state index in [2.05, 4.69) is 0 Å². The maximum atomic E-state index is 10.8. The molecule has 0 N–H and O–H groups in total. The molecule has 0 aliphatic heterocycles. The number of nitro groups is 1. The minimum absolute atomic E-state index is 0.00136. The molecule has 0 atom stereocenters. The van der Waals surface area contributed by atoms with Crippen LogP contribution in [0.15, 0.2) is 36.4 Å². The van der Waals surface area contributed by atoms with Crippen molar-refractivity contribution < 1.29 is 9.66 Å². The van der Waals surface area contributed by atoms with E-state index in [1.54, 1.807) is 31.2 Å². The number of hydrogen-bond donors (Lipinski definition) is 0. The lowest BCUT2D eigenvalue weighted by atomic mass is 10.1. The maximum absolute atomic E-state index is 10.8. The van der Waals surface area contributed by atoms with Crippen molar-refractivity contribution >= 4 is 17.3 Å². The topological polar surface area (TPSA) is 76.2 Å². The number of nitrogens with zero attached hydrogens (tertiary/aromatic N) is 2. The molecule has 0 saturated heterocycles. The van der Waals surface area contributed by atoms with Gasteiger partial charge in [0, 0.05) is 16.7 Å². The van der Waals surface area contributed by atoms with Gasteiger partial charge in [-0.05, 0) is 37.3 Å². The Bertz CT molecular complexity index is 706. The predicted octanol–water partition coefficient (Wildman–Crippen LogP) is 4.22. The normalized spacial score (nSPS) is 9.85. The molecule has 0 fully saturated rings. The van der Waals surface area contributed by atoms with E-state index in [1.807, 2.05) is 6.07 Å². The largest absolute Gasteiger partial charge is 0.457 e. The van der Waals surface area contributed by atoms with E-state index in [0.29, 0.717) is 22.1 Å². The van der Waals surface area contributed by atoms with Gasteiger partial charge in [-0.1, -0.05) is 11.6 Å². The first-order chi connectivity index (χ1) is 9.52. The molecule has 0 radical (unpaired) electrons. The molecule has 0 heterocycles. The first-order valence-corrected chi connectivity index (χ1v) is 6.02. The SMILES string of the molecule is Cc1c(Oc2ccc(Cl)cc2)ccc([N+](=O)[O-])c1C#N. The molecule has 6 heteroatoms. The summed E-state index contributed by atoms with van der Waals surface area (Å²) in [7, 11) is 0. The molecule has 2 aromatic rings. The summed E-state index contributed by atoms with van der Waals surface area (Å²) >= 11 is 5.78. The second-order valence-corrected chi connectivity index (χ2v) is 4.44. The first-order valence-electron chi connectivity index (χ1n) is 5.64. The number of rotatable bonds is 3. The summed E-state index contributed by atoms with van der Waals surface area (Å²) < 4.78 is 5.61. The highest BCUT2D eigenvalue weighted by Crippen LogP contribution is 2.32. The van der Waals surface area contributed by atoms with Crippen LogP contribution in [0.2, 0.25) is 5.02 Å². The van der Waals surface area contributed by atoms with E-state index in [4.69, 9.17) is 21.6 Å². The number of nitro benzene ring substituents is 1. The maximum Gasteiger partial charge on any atom is 0.287 e. The van der Waals surface area contributed by atoms with Gasteiger partial charge in [0.1, 0.15) is 23.1 Å². The fourth-order valence-electron chi connectivity index (χ4n) is 1.71. The highest BCUT2D eigenvalue weighted by atomic mass is 35.5. The predicted molar refractivity (Wildman–Crippen MR) is 74.1 cm³/mol. The van der Waals surface area contributed by atoms with Gasteiger partial charge < -0.3 is 4.74 Å². The molecule has 5 nitrogen and oxygen atoms in total. The fourth-order valence-corrected chi connectivity index (χ4v) is 1.84. The molecule has 0 aliphatic carbocycles. The van der Waals surface area contributed by atoms with Crippen molar-refractivity contribution in [1.82, 2.24) is 0 Å². The van der Waals surface area contributed by atoms with Crippen molar-refractivity contribution in [3.05, 3.63) is 62.7 Å². The Hall–Kier alpha value is -2.58. The minimum atomic E-state index is -0.586. The Kier molecular flexibility index (Phi) is 3.87. The Morgan fingerprint density at radius 2 is 1.90 bits per heavy atom. The van der Waals surface area contributed by atoms with Gasteiger partial charge in [0.05, 0.1) is 4.92 Å². The number of hydrogen-bond acceptors (Lipinski definition) is 4. The average molecular weight is 289 g/mol. The number of benzene rings is 2. The van der Waals surface area contributed by atoms with Gasteiger partial charge in [-0.2, -0.15) is 5.26 Å². The van der Waals surface area contributed by atoms with E-state index in [0.717, 1.165) is 0 Å². The van der Waals surface area contributed by atoms with E-state index in [-0.39, 0.29) is 11.3 Å². The van der Waals surface area contributed by atoms with Gasteiger partial charge in [0.2, 0.25) is 0 Å². The third-order valence-corrected chi connectivity index (χ3v) is 3.00. The summed E-state index contributed by atoms with van der Waals surface area (Å²) in [5.41, 5.74) is 0.201. The molecular weight excluding hydrogens is 280 g/mol. The zero-order chi connectivity index (χ0) is 14.7. The molecular formula is C14H9ClN2O3. The van der Waals surface area contributed by atoms with Gasteiger partial charge in [-0.15, -0.1) is 0 Å². The number of nitriles is 1. The highest BCUT2D eigenvalue weighted by molar-refractivity contribution is 6.30. The molecule has 0 aromatic heterocycles. The van der Waals surface area contributed by atoms with Crippen LogP contribution in [-0.2, 0) is 0 Å². The summed E-state index contributed by atoms with van der Waals surface area (Å²) in [6.07, 6.45) is 0. The smallest absolute Gasteiger partial charge is 0.287 e. The molecule has 0 aliphatic rings. The van der Waals surface area contributed by atoms with Gasteiger partial charge in [0.25, 0.3) is 5.69 Å². The molecule has 0 saturated carbocycles.